The Morgan fingerprint density at radius 2 is 2.04 bits per heavy atom. The number of hydrogen-bond acceptors (Lipinski definition) is 5. The van der Waals surface area contributed by atoms with Gasteiger partial charge < -0.3 is 10.1 Å². The number of benzene rings is 1. The highest BCUT2D eigenvalue weighted by molar-refractivity contribution is 5.92. The zero-order valence-electron chi connectivity index (χ0n) is 12.4. The summed E-state index contributed by atoms with van der Waals surface area (Å²) in [6.07, 6.45) is 1.04. The maximum absolute atomic E-state index is 12.1. The van der Waals surface area contributed by atoms with Gasteiger partial charge in [0.2, 0.25) is 5.91 Å². The highest BCUT2D eigenvalue weighted by Crippen LogP contribution is 2.23. The summed E-state index contributed by atoms with van der Waals surface area (Å²) in [5, 5.41) is 13.4. The van der Waals surface area contributed by atoms with Crippen molar-refractivity contribution in [1.29, 1.82) is 0 Å². The van der Waals surface area contributed by atoms with E-state index in [1.807, 2.05) is 6.92 Å². The first-order valence-electron chi connectivity index (χ1n) is 6.88. The molecule has 0 unspecified atom stereocenters. The van der Waals surface area contributed by atoms with Crippen molar-refractivity contribution in [1.82, 2.24) is 4.57 Å². The van der Waals surface area contributed by atoms with Crippen LogP contribution in [0.4, 0.5) is 11.4 Å². The third-order valence-corrected chi connectivity index (χ3v) is 2.95. The topological polar surface area (TPSA) is 103 Å². The van der Waals surface area contributed by atoms with Crippen LogP contribution in [-0.2, 0) is 11.3 Å². The predicted molar refractivity (Wildman–Crippen MR) is 83.6 cm³/mol. The van der Waals surface area contributed by atoms with E-state index in [1.54, 1.807) is 24.3 Å². The van der Waals surface area contributed by atoms with Gasteiger partial charge >= 0.3 is 0 Å². The fraction of sp³-hybridized carbons (Fsp3) is 0.200. The summed E-state index contributed by atoms with van der Waals surface area (Å²) in [7, 11) is 0. The van der Waals surface area contributed by atoms with Crippen molar-refractivity contribution in [3.05, 3.63) is 63.1 Å². The monoisotopic (exact) mass is 317 g/mol. The Bertz CT molecular complexity index is 785. The van der Waals surface area contributed by atoms with Crippen LogP contribution < -0.4 is 15.6 Å². The van der Waals surface area contributed by atoms with E-state index in [-0.39, 0.29) is 12.2 Å². The smallest absolute Gasteiger partial charge is 0.285 e. The van der Waals surface area contributed by atoms with Crippen LogP contribution in [0.5, 0.6) is 5.75 Å². The zero-order chi connectivity index (χ0) is 16.8. The number of rotatable bonds is 6. The molecule has 1 aromatic heterocycles. The summed E-state index contributed by atoms with van der Waals surface area (Å²) >= 11 is 0. The number of pyridine rings is 1. The summed E-state index contributed by atoms with van der Waals surface area (Å²) in [6, 6.07) is 9.03. The van der Waals surface area contributed by atoms with Crippen LogP contribution in [0.3, 0.4) is 0 Å². The lowest BCUT2D eigenvalue weighted by Gasteiger charge is -2.11. The first-order chi connectivity index (χ1) is 11.0. The molecule has 1 N–H and O–H groups in total. The molecule has 0 saturated heterocycles. The van der Waals surface area contributed by atoms with E-state index in [0.29, 0.717) is 18.0 Å². The quantitative estimate of drug-likeness (QED) is 0.646. The summed E-state index contributed by atoms with van der Waals surface area (Å²) < 4.78 is 6.37. The largest absolute Gasteiger partial charge is 0.492 e. The summed E-state index contributed by atoms with van der Waals surface area (Å²) in [5.41, 5.74) is -0.284. The first kappa shape index (κ1) is 16.2. The van der Waals surface area contributed by atoms with Gasteiger partial charge in [0.1, 0.15) is 12.3 Å². The van der Waals surface area contributed by atoms with E-state index < -0.39 is 16.4 Å². The second kappa shape index (κ2) is 7.21. The van der Waals surface area contributed by atoms with Crippen LogP contribution in [0, 0.1) is 10.1 Å². The van der Waals surface area contributed by atoms with Gasteiger partial charge in [0.25, 0.3) is 11.2 Å². The maximum Gasteiger partial charge on any atom is 0.285 e. The van der Waals surface area contributed by atoms with Gasteiger partial charge in [0.05, 0.1) is 23.4 Å². The lowest BCUT2D eigenvalue weighted by molar-refractivity contribution is -0.385. The molecule has 1 aromatic carbocycles. The molecule has 0 saturated carbocycles. The molecule has 1 heterocycles. The highest BCUT2D eigenvalue weighted by Gasteiger charge is 2.12. The Morgan fingerprint density at radius 1 is 1.30 bits per heavy atom. The Labute approximate surface area is 131 Å². The molecule has 0 aliphatic rings. The number of amides is 1. The molecule has 120 valence electrons. The molecule has 0 atom stereocenters. The Hall–Kier alpha value is -3.16. The number of aromatic nitrogens is 1. The van der Waals surface area contributed by atoms with E-state index >= 15 is 0 Å². The van der Waals surface area contributed by atoms with Crippen molar-refractivity contribution in [2.75, 3.05) is 11.9 Å². The highest BCUT2D eigenvalue weighted by atomic mass is 16.6. The van der Waals surface area contributed by atoms with E-state index in [2.05, 4.69) is 5.32 Å². The van der Waals surface area contributed by atoms with E-state index in [4.69, 9.17) is 4.74 Å². The number of carbonyl (C=O) groups is 1. The van der Waals surface area contributed by atoms with E-state index in [0.717, 1.165) is 22.9 Å². The SMILES string of the molecule is CCOc1ccccc1NC(=O)Cn1cc([N+](=O)[O-])ccc1=O. The molecule has 0 spiro atoms. The molecule has 8 nitrogen and oxygen atoms in total. The molecule has 2 aromatic rings. The fourth-order valence-corrected chi connectivity index (χ4v) is 1.95. The molecule has 2 rings (SSSR count). The average molecular weight is 317 g/mol. The van der Waals surface area contributed by atoms with Crippen LogP contribution in [-0.4, -0.2) is 22.0 Å². The standard InChI is InChI=1S/C15H15N3O5/c1-2-23-13-6-4-3-5-12(13)16-14(19)10-17-9-11(18(21)22)7-8-15(17)20/h3-9H,2,10H2,1H3,(H,16,19). The van der Waals surface area contributed by atoms with Crippen LogP contribution in [0.1, 0.15) is 6.92 Å². The minimum atomic E-state index is -0.627. The Kier molecular flexibility index (Phi) is 5.08. The second-order valence-electron chi connectivity index (χ2n) is 4.59. The van der Waals surface area contributed by atoms with Gasteiger partial charge in [-0.3, -0.25) is 24.3 Å². The lowest BCUT2D eigenvalue weighted by atomic mass is 10.3. The molecule has 0 bridgehead atoms. The third kappa shape index (κ3) is 4.16. The van der Waals surface area contributed by atoms with Crippen molar-refractivity contribution in [3.8, 4) is 5.75 Å². The number of anilines is 1. The number of hydrogen-bond donors (Lipinski definition) is 1. The lowest BCUT2D eigenvalue weighted by Crippen LogP contribution is -2.27. The minimum Gasteiger partial charge on any atom is -0.492 e. The van der Waals surface area contributed by atoms with Crippen LogP contribution >= 0.6 is 0 Å². The van der Waals surface area contributed by atoms with Crippen LogP contribution in [0.25, 0.3) is 0 Å². The van der Waals surface area contributed by atoms with Gasteiger partial charge in [-0.25, -0.2) is 0 Å². The van der Waals surface area contributed by atoms with Crippen molar-refractivity contribution in [2.24, 2.45) is 0 Å². The average Bonchev–Trinajstić information content (AvgIpc) is 2.51. The van der Waals surface area contributed by atoms with Crippen LogP contribution in [0.15, 0.2) is 47.4 Å². The number of para-hydroxylation sites is 2. The van der Waals surface area contributed by atoms with E-state index in [1.165, 1.54) is 0 Å². The zero-order valence-corrected chi connectivity index (χ0v) is 12.4. The third-order valence-electron chi connectivity index (χ3n) is 2.95. The fourth-order valence-electron chi connectivity index (χ4n) is 1.95. The van der Waals surface area contributed by atoms with Crippen LogP contribution in [0.2, 0.25) is 0 Å². The molecular formula is C15H15N3O5. The molecule has 0 aliphatic heterocycles. The molecule has 0 aliphatic carbocycles. The number of ether oxygens (including phenoxy) is 1. The number of nitro groups is 1. The van der Waals surface area contributed by atoms with E-state index in [9.17, 15) is 19.7 Å². The van der Waals surface area contributed by atoms with Crippen molar-refractivity contribution in [3.63, 3.8) is 0 Å². The second-order valence-corrected chi connectivity index (χ2v) is 4.59. The van der Waals surface area contributed by atoms with Crippen molar-refractivity contribution >= 4 is 17.3 Å². The normalized spacial score (nSPS) is 10.1. The van der Waals surface area contributed by atoms with Gasteiger partial charge in [-0.05, 0) is 19.1 Å². The first-order valence-corrected chi connectivity index (χ1v) is 6.88. The Balaban J connectivity index is 2.16. The van der Waals surface area contributed by atoms with Gasteiger partial charge in [-0.15, -0.1) is 0 Å². The molecular weight excluding hydrogens is 302 g/mol. The number of nitrogens with one attached hydrogen (secondary N) is 1. The minimum absolute atomic E-state index is 0.257. The van der Waals surface area contributed by atoms with Gasteiger partial charge in [0.15, 0.2) is 0 Å². The van der Waals surface area contributed by atoms with Gasteiger partial charge in [0, 0.05) is 12.1 Å². The van der Waals surface area contributed by atoms with Gasteiger partial charge in [-0.2, -0.15) is 0 Å². The molecule has 0 radical (unpaired) electrons. The predicted octanol–water partition coefficient (Wildman–Crippen LogP) is 1.79. The molecule has 0 fully saturated rings. The molecule has 23 heavy (non-hydrogen) atoms. The van der Waals surface area contributed by atoms with Gasteiger partial charge in [-0.1, -0.05) is 12.1 Å². The molecule has 8 heteroatoms. The summed E-state index contributed by atoms with van der Waals surface area (Å²) in [4.78, 5) is 33.9. The maximum atomic E-state index is 12.1. The van der Waals surface area contributed by atoms with Crippen molar-refractivity contribution in [2.45, 2.75) is 13.5 Å². The molecule has 1 amide bonds. The summed E-state index contributed by atoms with van der Waals surface area (Å²) in [5.74, 6) is 0.0227. The van der Waals surface area contributed by atoms with Crippen molar-refractivity contribution < 1.29 is 14.5 Å². The summed E-state index contributed by atoms with van der Waals surface area (Å²) in [6.45, 7) is 1.93. The number of nitrogens with zero attached hydrogens (tertiary/aromatic N) is 2. The Morgan fingerprint density at radius 3 is 2.74 bits per heavy atom. The number of carbonyl (C=O) groups excluding carboxylic acids is 1.